The first-order valence-corrected chi connectivity index (χ1v) is 7.80. The Hall–Kier alpha value is -2.14. The van der Waals surface area contributed by atoms with E-state index in [-0.39, 0.29) is 23.8 Å². The van der Waals surface area contributed by atoms with Gasteiger partial charge >= 0.3 is 0 Å². The van der Waals surface area contributed by atoms with E-state index in [1.54, 1.807) is 27.1 Å². The van der Waals surface area contributed by atoms with Crippen LogP contribution in [0.15, 0.2) is 42.5 Å². The van der Waals surface area contributed by atoms with E-state index in [1.165, 1.54) is 16.5 Å². The number of amides is 2. The van der Waals surface area contributed by atoms with Crippen LogP contribution in [0.4, 0.5) is 0 Å². The van der Waals surface area contributed by atoms with Gasteiger partial charge in [0.1, 0.15) is 0 Å². The van der Waals surface area contributed by atoms with Crippen LogP contribution in [0.3, 0.4) is 0 Å². The van der Waals surface area contributed by atoms with Crippen LogP contribution in [0.2, 0.25) is 0 Å². The van der Waals surface area contributed by atoms with Crippen LogP contribution in [-0.2, 0) is 16.0 Å². The Morgan fingerprint density at radius 2 is 1.83 bits per heavy atom. The highest BCUT2D eigenvalue weighted by atomic mass is 16.2. The van der Waals surface area contributed by atoms with E-state index in [0.717, 1.165) is 6.42 Å². The summed E-state index contributed by atoms with van der Waals surface area (Å²) >= 11 is 0. The zero-order valence-electron chi connectivity index (χ0n) is 14.3. The van der Waals surface area contributed by atoms with E-state index >= 15 is 0 Å². The van der Waals surface area contributed by atoms with Gasteiger partial charge in [-0.3, -0.25) is 9.59 Å². The lowest BCUT2D eigenvalue weighted by Gasteiger charge is -2.23. The van der Waals surface area contributed by atoms with Gasteiger partial charge in [0.2, 0.25) is 11.8 Å². The number of carbonyl (C=O) groups excluding carboxylic acids is 2. The van der Waals surface area contributed by atoms with E-state index < -0.39 is 6.04 Å². The van der Waals surface area contributed by atoms with Gasteiger partial charge in [-0.25, -0.2) is 0 Å². The van der Waals surface area contributed by atoms with E-state index in [0.29, 0.717) is 0 Å². The maximum absolute atomic E-state index is 11.9. The third-order valence-electron chi connectivity index (χ3n) is 3.62. The Labute approximate surface area is 138 Å². The van der Waals surface area contributed by atoms with Gasteiger partial charge in [-0.1, -0.05) is 43.3 Å². The molecule has 0 aliphatic carbocycles. The van der Waals surface area contributed by atoms with Crippen molar-refractivity contribution in [3.05, 3.63) is 48.0 Å². The summed E-state index contributed by atoms with van der Waals surface area (Å²) in [5.74, 6) is -0.208. The molecule has 0 spiro atoms. The molecule has 1 aromatic rings. The van der Waals surface area contributed by atoms with Gasteiger partial charge < -0.3 is 16.0 Å². The summed E-state index contributed by atoms with van der Waals surface area (Å²) in [6.45, 7) is 3.69. The predicted octanol–water partition coefficient (Wildman–Crippen LogP) is 1.34. The highest BCUT2D eigenvalue weighted by molar-refractivity contribution is 5.87. The fourth-order valence-electron chi connectivity index (χ4n) is 2.12. The molecular weight excluding hydrogens is 290 g/mol. The van der Waals surface area contributed by atoms with Gasteiger partial charge in [0.25, 0.3) is 0 Å². The molecule has 0 aliphatic rings. The third-order valence-corrected chi connectivity index (χ3v) is 3.62. The molecule has 0 aliphatic heterocycles. The second-order valence-electron chi connectivity index (χ2n) is 6.08. The molecule has 0 aromatic heterocycles. The summed E-state index contributed by atoms with van der Waals surface area (Å²) in [5.41, 5.74) is 6.82. The van der Waals surface area contributed by atoms with Crippen LogP contribution in [0.25, 0.3) is 0 Å². The Kier molecular flexibility index (Phi) is 7.48. The van der Waals surface area contributed by atoms with Gasteiger partial charge in [-0.05, 0) is 24.8 Å². The quantitative estimate of drug-likeness (QED) is 0.745. The average molecular weight is 317 g/mol. The van der Waals surface area contributed by atoms with Crippen LogP contribution < -0.4 is 11.1 Å². The molecule has 5 heteroatoms. The van der Waals surface area contributed by atoms with Crippen molar-refractivity contribution in [1.29, 1.82) is 0 Å². The van der Waals surface area contributed by atoms with Gasteiger partial charge in [-0.15, -0.1) is 0 Å². The lowest BCUT2D eigenvalue weighted by atomic mass is 9.93. The molecule has 0 saturated heterocycles. The first kappa shape index (κ1) is 18.9. The fraction of sp³-hybridized carbons (Fsp3) is 0.444. The summed E-state index contributed by atoms with van der Waals surface area (Å²) in [4.78, 5) is 25.2. The molecule has 23 heavy (non-hydrogen) atoms. The summed E-state index contributed by atoms with van der Waals surface area (Å²) < 4.78 is 0. The first-order chi connectivity index (χ1) is 10.8. The molecule has 1 unspecified atom stereocenters. The normalized spacial score (nSPS) is 15.0. The van der Waals surface area contributed by atoms with Crippen molar-refractivity contribution in [2.75, 3.05) is 14.1 Å². The molecule has 0 fully saturated rings. The molecular formula is C18H27N3O2. The number of benzene rings is 1. The minimum atomic E-state index is -0.584. The standard InChI is InChI=1S/C18H27N3O2/c1-13(12-15-8-6-5-7-9-15)16(20-18(23)14(2)19)10-11-17(22)21(3)4/h5-11,13-14,16H,12,19H2,1-4H3,(H,20,23)/b11-10+/t13?,14-,16+/m0/s1. The molecule has 1 aromatic carbocycles. The number of hydrogen-bond acceptors (Lipinski definition) is 3. The molecule has 0 radical (unpaired) electrons. The summed E-state index contributed by atoms with van der Waals surface area (Å²) in [6.07, 6.45) is 4.04. The van der Waals surface area contributed by atoms with Crippen molar-refractivity contribution in [3.63, 3.8) is 0 Å². The van der Waals surface area contributed by atoms with E-state index in [1.807, 2.05) is 25.1 Å². The molecule has 3 atom stereocenters. The number of carbonyl (C=O) groups is 2. The third kappa shape index (κ3) is 6.65. The fourth-order valence-corrected chi connectivity index (χ4v) is 2.12. The van der Waals surface area contributed by atoms with Crippen molar-refractivity contribution in [2.24, 2.45) is 11.7 Å². The Bertz CT molecular complexity index is 538. The lowest BCUT2D eigenvalue weighted by Crippen LogP contribution is -2.46. The van der Waals surface area contributed by atoms with E-state index in [2.05, 4.69) is 17.4 Å². The van der Waals surface area contributed by atoms with Crippen LogP contribution in [0.5, 0.6) is 0 Å². The molecule has 1 rings (SSSR count). The largest absolute Gasteiger partial charge is 0.348 e. The summed E-state index contributed by atoms with van der Waals surface area (Å²) in [6, 6.07) is 9.22. The molecule has 0 bridgehead atoms. The van der Waals surface area contributed by atoms with Crippen LogP contribution in [0.1, 0.15) is 19.4 Å². The summed E-state index contributed by atoms with van der Waals surface area (Å²) in [7, 11) is 3.38. The second kappa shape index (κ2) is 9.10. The van der Waals surface area contributed by atoms with Crippen molar-refractivity contribution in [2.45, 2.75) is 32.4 Å². The zero-order chi connectivity index (χ0) is 17.4. The maximum atomic E-state index is 11.9. The van der Waals surface area contributed by atoms with Gasteiger partial charge in [0.15, 0.2) is 0 Å². The van der Waals surface area contributed by atoms with E-state index in [9.17, 15) is 9.59 Å². The number of nitrogens with two attached hydrogens (primary N) is 1. The van der Waals surface area contributed by atoms with Crippen LogP contribution in [-0.4, -0.2) is 42.9 Å². The molecule has 126 valence electrons. The minimum Gasteiger partial charge on any atom is -0.348 e. The molecule has 0 saturated carbocycles. The highest BCUT2D eigenvalue weighted by Crippen LogP contribution is 2.13. The Morgan fingerprint density at radius 3 is 2.35 bits per heavy atom. The van der Waals surface area contributed by atoms with Gasteiger partial charge in [0, 0.05) is 20.2 Å². The van der Waals surface area contributed by atoms with Crippen LogP contribution in [0, 0.1) is 5.92 Å². The highest BCUT2D eigenvalue weighted by Gasteiger charge is 2.19. The average Bonchev–Trinajstić information content (AvgIpc) is 2.51. The van der Waals surface area contributed by atoms with Gasteiger partial charge in [-0.2, -0.15) is 0 Å². The number of nitrogens with zero attached hydrogens (tertiary/aromatic N) is 1. The topological polar surface area (TPSA) is 75.4 Å². The summed E-state index contributed by atoms with van der Waals surface area (Å²) in [5, 5.41) is 2.91. The Balaban J connectivity index is 2.84. The van der Waals surface area contributed by atoms with Crippen molar-refractivity contribution in [1.82, 2.24) is 10.2 Å². The van der Waals surface area contributed by atoms with Gasteiger partial charge in [0.05, 0.1) is 12.1 Å². The Morgan fingerprint density at radius 1 is 1.22 bits per heavy atom. The number of hydrogen-bond donors (Lipinski definition) is 2. The SMILES string of the molecule is CC(Cc1ccccc1)[C@@H](/C=C/C(=O)N(C)C)NC(=O)[C@H](C)N. The number of rotatable bonds is 7. The maximum Gasteiger partial charge on any atom is 0.245 e. The van der Waals surface area contributed by atoms with E-state index in [4.69, 9.17) is 5.73 Å². The van der Waals surface area contributed by atoms with Crippen molar-refractivity contribution in [3.8, 4) is 0 Å². The molecule has 2 amide bonds. The monoisotopic (exact) mass is 317 g/mol. The lowest BCUT2D eigenvalue weighted by molar-refractivity contribution is -0.124. The van der Waals surface area contributed by atoms with Crippen LogP contribution >= 0.6 is 0 Å². The first-order valence-electron chi connectivity index (χ1n) is 7.80. The smallest absolute Gasteiger partial charge is 0.245 e. The second-order valence-corrected chi connectivity index (χ2v) is 6.08. The minimum absolute atomic E-state index is 0.114. The zero-order valence-corrected chi connectivity index (χ0v) is 14.3. The van der Waals surface area contributed by atoms with Crippen molar-refractivity contribution >= 4 is 11.8 Å². The molecule has 3 N–H and O–H groups in total. The van der Waals surface area contributed by atoms with Crippen molar-refractivity contribution < 1.29 is 9.59 Å². The molecule has 5 nitrogen and oxygen atoms in total. The number of likely N-dealkylation sites (N-methyl/N-ethyl adjacent to an activating group) is 1. The molecule has 0 heterocycles. The number of nitrogens with one attached hydrogen (secondary N) is 1. The predicted molar refractivity (Wildman–Crippen MR) is 92.7 cm³/mol.